The van der Waals surface area contributed by atoms with E-state index in [9.17, 15) is 4.79 Å². The molecule has 60 valence electrons. The van der Waals surface area contributed by atoms with E-state index in [1.807, 2.05) is 0 Å². The highest BCUT2D eigenvalue weighted by atomic mass is 127. The van der Waals surface area contributed by atoms with Crippen LogP contribution in [0, 0.1) is 11.8 Å². The lowest BCUT2D eigenvalue weighted by Gasteiger charge is -2.12. The van der Waals surface area contributed by atoms with Crippen LogP contribution in [-0.2, 0) is 4.79 Å². The smallest absolute Gasteiger partial charge is 0.142 e. The van der Waals surface area contributed by atoms with Crippen molar-refractivity contribution in [2.24, 2.45) is 11.8 Å². The molecule has 1 atom stereocenters. The van der Waals surface area contributed by atoms with Crippen molar-refractivity contribution in [1.82, 2.24) is 0 Å². The van der Waals surface area contributed by atoms with Crippen molar-refractivity contribution < 1.29 is 4.79 Å². The molecular weight excluding hydrogens is 239 g/mol. The fourth-order valence-electron chi connectivity index (χ4n) is 0.649. The van der Waals surface area contributed by atoms with Crippen molar-refractivity contribution in [2.75, 3.05) is 4.43 Å². The number of hydrogen-bond donors (Lipinski definition) is 0. The van der Waals surface area contributed by atoms with Gasteiger partial charge in [0.1, 0.15) is 5.78 Å². The van der Waals surface area contributed by atoms with Gasteiger partial charge in [-0.15, -0.1) is 0 Å². The Morgan fingerprint density at radius 3 is 2.20 bits per heavy atom. The average Bonchev–Trinajstić information content (AvgIpc) is 1.87. The van der Waals surface area contributed by atoms with Gasteiger partial charge in [0.2, 0.25) is 0 Å². The first-order chi connectivity index (χ1) is 4.57. The van der Waals surface area contributed by atoms with E-state index < -0.39 is 0 Å². The Kier molecular flexibility index (Phi) is 5.31. The summed E-state index contributed by atoms with van der Waals surface area (Å²) in [5.41, 5.74) is 0. The summed E-state index contributed by atoms with van der Waals surface area (Å²) in [7, 11) is 0. The minimum absolute atomic E-state index is 0.377. The largest absolute Gasteiger partial charge is 0.299 e. The van der Waals surface area contributed by atoms with Gasteiger partial charge in [-0.05, 0) is 11.8 Å². The Morgan fingerprint density at radius 1 is 1.40 bits per heavy atom. The van der Waals surface area contributed by atoms with Crippen LogP contribution >= 0.6 is 22.6 Å². The number of alkyl halides is 1. The predicted octanol–water partition coefficient (Wildman–Crippen LogP) is 2.67. The normalized spacial score (nSPS) is 13.7. The van der Waals surface area contributed by atoms with Gasteiger partial charge >= 0.3 is 0 Å². The molecule has 0 saturated heterocycles. The Labute approximate surface area is 76.7 Å². The van der Waals surface area contributed by atoms with E-state index in [-0.39, 0.29) is 0 Å². The Morgan fingerprint density at radius 2 is 1.90 bits per heavy atom. The molecule has 0 amide bonds. The van der Waals surface area contributed by atoms with Gasteiger partial charge in [0.25, 0.3) is 0 Å². The molecule has 0 N–H and O–H groups in total. The molecule has 0 bridgehead atoms. The highest BCUT2D eigenvalue weighted by Gasteiger charge is 2.10. The molecule has 0 saturated carbocycles. The van der Waals surface area contributed by atoms with Crippen molar-refractivity contribution in [2.45, 2.75) is 27.2 Å². The standard InChI is InChI=1S/C8H15IO/c1-6(2)7(3)4-8(10)5-9/h6-7H,4-5H2,1-3H3. The highest BCUT2D eigenvalue weighted by Crippen LogP contribution is 2.14. The zero-order valence-corrected chi connectivity index (χ0v) is 9.01. The van der Waals surface area contributed by atoms with Crippen LogP contribution in [0.4, 0.5) is 0 Å². The first-order valence-electron chi connectivity index (χ1n) is 3.65. The second-order valence-electron chi connectivity index (χ2n) is 3.10. The fraction of sp³-hybridized carbons (Fsp3) is 0.875. The molecule has 0 aliphatic rings. The molecule has 0 fully saturated rings. The zero-order valence-electron chi connectivity index (χ0n) is 6.86. The van der Waals surface area contributed by atoms with Crippen molar-refractivity contribution in [3.05, 3.63) is 0 Å². The molecule has 0 aromatic rings. The summed E-state index contributed by atoms with van der Waals surface area (Å²) in [5.74, 6) is 1.55. The summed E-state index contributed by atoms with van der Waals surface area (Å²) in [5, 5.41) is 0. The van der Waals surface area contributed by atoms with Gasteiger partial charge in [0.05, 0.1) is 4.43 Å². The zero-order chi connectivity index (χ0) is 8.15. The molecule has 0 aliphatic heterocycles. The van der Waals surface area contributed by atoms with Gasteiger partial charge in [0.15, 0.2) is 0 Å². The summed E-state index contributed by atoms with van der Waals surface area (Å²) in [6.07, 6.45) is 0.751. The predicted molar refractivity (Wildman–Crippen MR) is 52.5 cm³/mol. The van der Waals surface area contributed by atoms with Gasteiger partial charge in [-0.2, -0.15) is 0 Å². The van der Waals surface area contributed by atoms with E-state index in [0.717, 1.165) is 6.42 Å². The van der Waals surface area contributed by atoms with E-state index in [1.54, 1.807) is 0 Å². The monoisotopic (exact) mass is 254 g/mol. The summed E-state index contributed by atoms with van der Waals surface area (Å²) >= 11 is 2.12. The molecule has 0 radical (unpaired) electrons. The topological polar surface area (TPSA) is 17.1 Å². The number of rotatable bonds is 4. The maximum Gasteiger partial charge on any atom is 0.142 e. The van der Waals surface area contributed by atoms with Gasteiger partial charge in [0, 0.05) is 6.42 Å². The molecule has 10 heavy (non-hydrogen) atoms. The molecule has 0 rings (SSSR count). The molecule has 0 aliphatic carbocycles. The Balaban J connectivity index is 3.57. The van der Waals surface area contributed by atoms with E-state index in [0.29, 0.717) is 22.0 Å². The molecule has 0 spiro atoms. The van der Waals surface area contributed by atoms with Crippen LogP contribution in [0.1, 0.15) is 27.2 Å². The molecule has 0 heterocycles. The van der Waals surface area contributed by atoms with Gasteiger partial charge in [-0.25, -0.2) is 0 Å². The van der Waals surface area contributed by atoms with Gasteiger partial charge in [-0.3, -0.25) is 4.79 Å². The van der Waals surface area contributed by atoms with Crippen LogP contribution in [0.15, 0.2) is 0 Å². The third kappa shape index (κ3) is 4.25. The van der Waals surface area contributed by atoms with Crippen LogP contribution < -0.4 is 0 Å². The van der Waals surface area contributed by atoms with Crippen LogP contribution in [-0.4, -0.2) is 10.2 Å². The maximum absolute atomic E-state index is 10.9. The molecule has 0 aromatic heterocycles. The first-order valence-corrected chi connectivity index (χ1v) is 5.18. The number of carbonyl (C=O) groups is 1. The van der Waals surface area contributed by atoms with Crippen LogP contribution in [0.25, 0.3) is 0 Å². The third-order valence-electron chi connectivity index (χ3n) is 1.84. The quantitative estimate of drug-likeness (QED) is 0.556. The maximum atomic E-state index is 10.9. The highest BCUT2D eigenvalue weighted by molar-refractivity contribution is 14.1. The lowest BCUT2D eigenvalue weighted by Crippen LogP contribution is -2.11. The fourth-order valence-corrected chi connectivity index (χ4v) is 0.961. The first kappa shape index (κ1) is 10.4. The van der Waals surface area contributed by atoms with Crippen molar-refractivity contribution in [3.8, 4) is 0 Å². The molecule has 2 heteroatoms. The average molecular weight is 254 g/mol. The second-order valence-corrected chi connectivity index (χ2v) is 3.86. The van der Waals surface area contributed by atoms with Gasteiger partial charge < -0.3 is 0 Å². The minimum atomic E-state index is 0.377. The summed E-state index contributed by atoms with van der Waals surface area (Å²) in [4.78, 5) is 10.9. The number of hydrogen-bond acceptors (Lipinski definition) is 1. The lowest BCUT2D eigenvalue weighted by molar-refractivity contribution is -0.117. The number of halogens is 1. The van der Waals surface area contributed by atoms with Crippen molar-refractivity contribution >= 4 is 28.4 Å². The summed E-state index contributed by atoms with van der Waals surface area (Å²) in [6, 6.07) is 0. The molecular formula is C8H15IO. The van der Waals surface area contributed by atoms with E-state index in [4.69, 9.17) is 0 Å². The van der Waals surface area contributed by atoms with E-state index in [2.05, 4.69) is 43.4 Å². The lowest BCUT2D eigenvalue weighted by atomic mass is 9.93. The molecule has 0 aromatic carbocycles. The van der Waals surface area contributed by atoms with E-state index in [1.165, 1.54) is 0 Å². The summed E-state index contributed by atoms with van der Waals surface area (Å²) in [6.45, 7) is 6.45. The van der Waals surface area contributed by atoms with Crippen LogP contribution in [0.2, 0.25) is 0 Å². The Bertz CT molecular complexity index is 110. The number of Topliss-reactive ketones (excluding diaryl/α,β-unsaturated/α-hetero) is 1. The molecule has 1 nitrogen and oxygen atoms in total. The third-order valence-corrected chi connectivity index (χ3v) is 2.69. The van der Waals surface area contributed by atoms with Crippen LogP contribution in [0.5, 0.6) is 0 Å². The second kappa shape index (κ2) is 5.10. The van der Waals surface area contributed by atoms with Crippen LogP contribution in [0.3, 0.4) is 0 Å². The van der Waals surface area contributed by atoms with Crippen molar-refractivity contribution in [3.63, 3.8) is 0 Å². The Hall–Kier alpha value is 0.400. The summed E-state index contributed by atoms with van der Waals surface area (Å²) < 4.78 is 0.662. The molecule has 1 unspecified atom stereocenters. The van der Waals surface area contributed by atoms with Crippen molar-refractivity contribution in [1.29, 1.82) is 0 Å². The SMILES string of the molecule is CC(C)C(C)CC(=O)CI. The van der Waals surface area contributed by atoms with Gasteiger partial charge in [-0.1, -0.05) is 43.4 Å². The number of ketones is 1. The number of carbonyl (C=O) groups excluding carboxylic acids is 1. The minimum Gasteiger partial charge on any atom is -0.299 e. The van der Waals surface area contributed by atoms with E-state index >= 15 is 0 Å².